The third-order valence-corrected chi connectivity index (χ3v) is 2.59. The maximum Gasteiger partial charge on any atom is 0.220 e. The number of benzene rings is 1. The Bertz CT molecular complexity index is 357. The number of nitrogens with one attached hydrogen (secondary N) is 1. The van der Waals surface area contributed by atoms with Crippen LogP contribution in [0.1, 0.15) is 38.7 Å². The van der Waals surface area contributed by atoms with Crippen molar-refractivity contribution in [3.05, 3.63) is 29.8 Å². The lowest BCUT2D eigenvalue weighted by atomic mass is 9.97. The van der Waals surface area contributed by atoms with Gasteiger partial charge in [0.15, 0.2) is 0 Å². The summed E-state index contributed by atoms with van der Waals surface area (Å²) in [5.74, 6) is 1.17. The first kappa shape index (κ1) is 13.6. The topological polar surface area (TPSA) is 38.3 Å². The summed E-state index contributed by atoms with van der Waals surface area (Å²) in [7, 11) is 1.66. The summed E-state index contributed by atoms with van der Waals surface area (Å²) in [5, 5.41) is 2.64. The average molecular weight is 235 g/mol. The van der Waals surface area contributed by atoms with Gasteiger partial charge in [0.1, 0.15) is 5.75 Å². The van der Waals surface area contributed by atoms with Crippen LogP contribution in [0.15, 0.2) is 24.3 Å². The van der Waals surface area contributed by atoms with Crippen LogP contribution < -0.4 is 10.1 Å². The molecule has 3 nitrogen and oxygen atoms in total. The maximum atomic E-state index is 11.3. The zero-order valence-electron chi connectivity index (χ0n) is 11.0. The van der Waals surface area contributed by atoms with Crippen molar-refractivity contribution in [3.63, 3.8) is 0 Å². The molecule has 1 rings (SSSR count). The van der Waals surface area contributed by atoms with Crippen LogP contribution in [-0.4, -0.2) is 19.1 Å². The zero-order valence-corrected chi connectivity index (χ0v) is 11.0. The SMILES string of the molecule is CNC(=O)CC(C)c1ccc(OC(C)C)cc1. The second-order valence-corrected chi connectivity index (χ2v) is 4.51. The maximum absolute atomic E-state index is 11.3. The largest absolute Gasteiger partial charge is 0.491 e. The van der Waals surface area contributed by atoms with Crippen molar-refractivity contribution in [1.29, 1.82) is 0 Å². The van der Waals surface area contributed by atoms with Crippen LogP contribution in [0.4, 0.5) is 0 Å². The summed E-state index contributed by atoms with van der Waals surface area (Å²) in [5.41, 5.74) is 1.16. The highest BCUT2D eigenvalue weighted by molar-refractivity contribution is 5.76. The Morgan fingerprint density at radius 3 is 2.29 bits per heavy atom. The van der Waals surface area contributed by atoms with E-state index in [1.54, 1.807) is 7.05 Å². The standard InChI is InChI=1S/C14H21NO2/c1-10(2)17-13-7-5-12(6-8-13)11(3)9-14(16)15-4/h5-8,10-11H,9H2,1-4H3,(H,15,16). The average Bonchev–Trinajstić information content (AvgIpc) is 2.28. The number of ether oxygens (including phenoxy) is 1. The summed E-state index contributed by atoms with van der Waals surface area (Å²) in [4.78, 5) is 11.3. The van der Waals surface area contributed by atoms with Gasteiger partial charge in [0.05, 0.1) is 6.10 Å². The molecule has 0 saturated carbocycles. The summed E-state index contributed by atoms with van der Waals surface area (Å²) in [6, 6.07) is 7.95. The minimum Gasteiger partial charge on any atom is -0.491 e. The van der Waals surface area contributed by atoms with Crippen molar-refractivity contribution >= 4 is 5.91 Å². The van der Waals surface area contributed by atoms with E-state index in [0.29, 0.717) is 6.42 Å². The minimum atomic E-state index is 0.0695. The highest BCUT2D eigenvalue weighted by Gasteiger charge is 2.10. The molecule has 94 valence electrons. The second-order valence-electron chi connectivity index (χ2n) is 4.51. The molecule has 0 fully saturated rings. The van der Waals surface area contributed by atoms with E-state index in [1.807, 2.05) is 45.0 Å². The quantitative estimate of drug-likeness (QED) is 0.852. The van der Waals surface area contributed by atoms with Crippen molar-refractivity contribution < 1.29 is 9.53 Å². The molecule has 0 spiro atoms. The number of amides is 1. The van der Waals surface area contributed by atoms with Gasteiger partial charge >= 0.3 is 0 Å². The molecule has 1 aromatic carbocycles. The molecule has 0 aromatic heterocycles. The Labute approximate surface area is 103 Å². The van der Waals surface area contributed by atoms with Gasteiger partial charge < -0.3 is 10.1 Å². The van der Waals surface area contributed by atoms with Gasteiger partial charge in [-0.2, -0.15) is 0 Å². The van der Waals surface area contributed by atoms with E-state index in [-0.39, 0.29) is 17.9 Å². The van der Waals surface area contributed by atoms with E-state index in [2.05, 4.69) is 5.32 Å². The number of hydrogen-bond donors (Lipinski definition) is 1. The van der Waals surface area contributed by atoms with Crippen LogP contribution in [0, 0.1) is 0 Å². The lowest BCUT2D eigenvalue weighted by Gasteiger charge is -2.13. The summed E-state index contributed by atoms with van der Waals surface area (Å²) in [6.07, 6.45) is 0.699. The third-order valence-electron chi connectivity index (χ3n) is 2.59. The third kappa shape index (κ3) is 4.47. The fourth-order valence-electron chi connectivity index (χ4n) is 1.65. The molecule has 1 N–H and O–H groups in total. The van der Waals surface area contributed by atoms with Gasteiger partial charge in [-0.15, -0.1) is 0 Å². The molecule has 1 aromatic rings. The van der Waals surface area contributed by atoms with Gasteiger partial charge in [-0.05, 0) is 37.5 Å². The first-order valence-corrected chi connectivity index (χ1v) is 6.00. The number of hydrogen-bond acceptors (Lipinski definition) is 2. The fraction of sp³-hybridized carbons (Fsp3) is 0.500. The Morgan fingerprint density at radius 2 is 1.82 bits per heavy atom. The van der Waals surface area contributed by atoms with Gasteiger partial charge in [-0.25, -0.2) is 0 Å². The smallest absolute Gasteiger partial charge is 0.220 e. The highest BCUT2D eigenvalue weighted by Crippen LogP contribution is 2.22. The van der Waals surface area contributed by atoms with Crippen molar-refractivity contribution in [2.75, 3.05) is 7.05 Å². The molecule has 0 aliphatic carbocycles. The molecule has 0 aliphatic heterocycles. The van der Waals surface area contributed by atoms with E-state index in [0.717, 1.165) is 11.3 Å². The molecule has 0 heterocycles. The zero-order chi connectivity index (χ0) is 12.8. The monoisotopic (exact) mass is 235 g/mol. The Hall–Kier alpha value is -1.51. The molecular formula is C14H21NO2. The fourth-order valence-corrected chi connectivity index (χ4v) is 1.65. The van der Waals surface area contributed by atoms with Crippen molar-refractivity contribution in [2.24, 2.45) is 0 Å². The predicted octanol–water partition coefficient (Wildman–Crippen LogP) is 2.71. The first-order chi connectivity index (χ1) is 8.02. The molecule has 1 amide bonds. The highest BCUT2D eigenvalue weighted by atomic mass is 16.5. The second kappa shape index (κ2) is 6.28. The van der Waals surface area contributed by atoms with E-state index in [4.69, 9.17) is 4.74 Å². The summed E-state index contributed by atoms with van der Waals surface area (Å²) in [6.45, 7) is 6.05. The molecule has 0 radical (unpaired) electrons. The van der Waals surface area contributed by atoms with E-state index >= 15 is 0 Å². The van der Waals surface area contributed by atoms with E-state index in [9.17, 15) is 4.79 Å². The summed E-state index contributed by atoms with van der Waals surface area (Å²) >= 11 is 0. The molecule has 17 heavy (non-hydrogen) atoms. The molecule has 0 aliphatic rings. The van der Waals surface area contributed by atoms with Gasteiger partial charge in [0, 0.05) is 13.5 Å². The number of rotatable bonds is 5. The van der Waals surface area contributed by atoms with Crippen molar-refractivity contribution in [3.8, 4) is 5.75 Å². The summed E-state index contributed by atoms with van der Waals surface area (Å²) < 4.78 is 5.57. The van der Waals surface area contributed by atoms with Gasteiger partial charge in [0.2, 0.25) is 5.91 Å². The Morgan fingerprint density at radius 1 is 1.24 bits per heavy atom. The van der Waals surface area contributed by atoms with Crippen LogP contribution in [0.5, 0.6) is 5.75 Å². The first-order valence-electron chi connectivity index (χ1n) is 6.00. The minimum absolute atomic E-state index is 0.0695. The number of carbonyl (C=O) groups is 1. The molecule has 0 saturated heterocycles. The lowest BCUT2D eigenvalue weighted by molar-refractivity contribution is -0.120. The van der Waals surface area contributed by atoms with E-state index < -0.39 is 0 Å². The van der Waals surface area contributed by atoms with Crippen molar-refractivity contribution in [1.82, 2.24) is 5.32 Å². The normalized spacial score (nSPS) is 12.3. The van der Waals surface area contributed by atoms with Crippen molar-refractivity contribution in [2.45, 2.75) is 39.2 Å². The van der Waals surface area contributed by atoms with Gasteiger partial charge in [-0.3, -0.25) is 4.79 Å². The van der Waals surface area contributed by atoms with Crippen LogP contribution >= 0.6 is 0 Å². The Kier molecular flexibility index (Phi) is 5.01. The van der Waals surface area contributed by atoms with Gasteiger partial charge in [-0.1, -0.05) is 19.1 Å². The molecule has 1 atom stereocenters. The molecule has 1 unspecified atom stereocenters. The lowest BCUT2D eigenvalue weighted by Crippen LogP contribution is -2.19. The van der Waals surface area contributed by atoms with Gasteiger partial charge in [0.25, 0.3) is 0 Å². The Balaban J connectivity index is 2.63. The van der Waals surface area contributed by atoms with Crippen LogP contribution in [0.2, 0.25) is 0 Å². The predicted molar refractivity (Wildman–Crippen MR) is 69.3 cm³/mol. The molecule has 0 bridgehead atoms. The van der Waals surface area contributed by atoms with Crippen LogP contribution in [0.25, 0.3) is 0 Å². The van der Waals surface area contributed by atoms with E-state index in [1.165, 1.54) is 0 Å². The molecular weight excluding hydrogens is 214 g/mol. The molecule has 3 heteroatoms. The van der Waals surface area contributed by atoms with Crippen LogP contribution in [-0.2, 0) is 4.79 Å². The van der Waals surface area contributed by atoms with Crippen LogP contribution in [0.3, 0.4) is 0 Å². The number of carbonyl (C=O) groups excluding carboxylic acids is 1.